The van der Waals surface area contributed by atoms with Crippen molar-refractivity contribution < 1.29 is 13.2 Å². The molecule has 19 heavy (non-hydrogen) atoms. The van der Waals surface area contributed by atoms with E-state index in [0.717, 1.165) is 12.8 Å². The average Bonchev–Trinajstić information content (AvgIpc) is 2.41. The number of nitrogens with zero attached hydrogens (tertiary/aromatic N) is 1. The van der Waals surface area contributed by atoms with E-state index in [4.69, 9.17) is 10.5 Å². The molecular formula is C13H20N2O3S. The topological polar surface area (TPSA) is 72.6 Å². The second-order valence-electron chi connectivity index (χ2n) is 4.81. The average molecular weight is 284 g/mol. The first-order valence-electron chi connectivity index (χ1n) is 6.37. The zero-order chi connectivity index (χ0) is 13.9. The molecule has 0 saturated carbocycles. The van der Waals surface area contributed by atoms with Crippen molar-refractivity contribution >= 4 is 15.7 Å². The summed E-state index contributed by atoms with van der Waals surface area (Å²) in [5.74, 6) is -0.0481. The van der Waals surface area contributed by atoms with E-state index in [0.29, 0.717) is 24.5 Å². The second kappa shape index (κ2) is 5.90. The summed E-state index contributed by atoms with van der Waals surface area (Å²) in [5.41, 5.74) is 6.98. The number of ether oxygens (including phenoxy) is 1. The summed E-state index contributed by atoms with van der Waals surface area (Å²) >= 11 is 0. The van der Waals surface area contributed by atoms with Crippen LogP contribution in [0.25, 0.3) is 0 Å². The molecule has 5 nitrogen and oxygen atoms in total. The van der Waals surface area contributed by atoms with Crippen LogP contribution in [0.5, 0.6) is 0 Å². The largest absolute Gasteiger partial charge is 0.398 e. The summed E-state index contributed by atoms with van der Waals surface area (Å²) < 4.78 is 31.5. The van der Waals surface area contributed by atoms with Crippen molar-refractivity contribution in [3.8, 4) is 0 Å². The van der Waals surface area contributed by atoms with Crippen molar-refractivity contribution in [2.75, 3.05) is 26.0 Å². The lowest BCUT2D eigenvalue weighted by Crippen LogP contribution is -2.41. The van der Waals surface area contributed by atoms with Gasteiger partial charge in [-0.1, -0.05) is 18.2 Å². The zero-order valence-corrected chi connectivity index (χ0v) is 11.9. The number of para-hydroxylation sites is 1. The first-order valence-corrected chi connectivity index (χ1v) is 7.98. The highest BCUT2D eigenvalue weighted by molar-refractivity contribution is 7.88. The minimum atomic E-state index is -3.34. The van der Waals surface area contributed by atoms with Crippen molar-refractivity contribution in [1.82, 2.24) is 4.31 Å². The van der Waals surface area contributed by atoms with E-state index in [-0.39, 0.29) is 11.8 Å². The third-order valence-electron chi connectivity index (χ3n) is 3.54. The van der Waals surface area contributed by atoms with Crippen LogP contribution in [0, 0.1) is 0 Å². The molecule has 1 fully saturated rings. The Hall–Kier alpha value is -1.11. The second-order valence-corrected chi connectivity index (χ2v) is 6.84. The molecule has 0 atom stereocenters. The van der Waals surface area contributed by atoms with Gasteiger partial charge in [0.25, 0.3) is 0 Å². The summed E-state index contributed by atoms with van der Waals surface area (Å²) in [7, 11) is -1.69. The van der Waals surface area contributed by atoms with Gasteiger partial charge in [-0.2, -0.15) is 0 Å². The molecule has 0 bridgehead atoms. The van der Waals surface area contributed by atoms with E-state index < -0.39 is 10.0 Å². The number of nitrogen functional groups attached to an aromatic ring is 1. The normalized spacial score (nSPS) is 17.8. The molecule has 106 valence electrons. The molecule has 1 heterocycles. The van der Waals surface area contributed by atoms with Crippen molar-refractivity contribution in [2.45, 2.75) is 24.6 Å². The fourth-order valence-electron chi connectivity index (χ4n) is 2.24. The van der Waals surface area contributed by atoms with E-state index in [1.54, 1.807) is 31.3 Å². The SMILES string of the molecule is CN(C1CCOCC1)S(=O)(=O)Cc1ccccc1N. The maximum Gasteiger partial charge on any atom is 0.218 e. The Morgan fingerprint density at radius 2 is 1.95 bits per heavy atom. The summed E-state index contributed by atoms with van der Waals surface area (Å²) in [6, 6.07) is 7.11. The van der Waals surface area contributed by atoms with Gasteiger partial charge in [0.2, 0.25) is 10.0 Å². The zero-order valence-electron chi connectivity index (χ0n) is 11.1. The fourth-order valence-corrected chi connectivity index (χ4v) is 3.76. The number of hydrogen-bond acceptors (Lipinski definition) is 4. The molecule has 0 amide bonds. The highest BCUT2D eigenvalue weighted by atomic mass is 32.2. The van der Waals surface area contributed by atoms with Crippen LogP contribution in [0.1, 0.15) is 18.4 Å². The van der Waals surface area contributed by atoms with E-state index >= 15 is 0 Å². The molecule has 0 aliphatic carbocycles. The van der Waals surface area contributed by atoms with Crippen molar-refractivity contribution in [2.24, 2.45) is 0 Å². The predicted molar refractivity (Wildman–Crippen MR) is 75.1 cm³/mol. The summed E-state index contributed by atoms with van der Waals surface area (Å²) in [6.07, 6.45) is 1.50. The van der Waals surface area contributed by atoms with Gasteiger partial charge < -0.3 is 10.5 Å². The molecule has 0 radical (unpaired) electrons. The molecule has 2 rings (SSSR count). The van der Waals surface area contributed by atoms with Crippen molar-refractivity contribution in [3.63, 3.8) is 0 Å². The van der Waals surface area contributed by atoms with Gasteiger partial charge in [0.1, 0.15) is 0 Å². The fraction of sp³-hybridized carbons (Fsp3) is 0.538. The lowest BCUT2D eigenvalue weighted by molar-refractivity contribution is 0.0632. The summed E-state index contributed by atoms with van der Waals surface area (Å²) in [5, 5.41) is 0. The molecule has 2 N–H and O–H groups in total. The van der Waals surface area contributed by atoms with Crippen LogP contribution in [0.3, 0.4) is 0 Å². The summed E-state index contributed by atoms with van der Waals surface area (Å²) in [4.78, 5) is 0. The Kier molecular flexibility index (Phi) is 4.44. The first kappa shape index (κ1) is 14.3. The maximum absolute atomic E-state index is 12.4. The summed E-state index contributed by atoms with van der Waals surface area (Å²) in [6.45, 7) is 1.25. The van der Waals surface area contributed by atoms with Crippen LogP contribution in [0.2, 0.25) is 0 Å². The molecule has 6 heteroatoms. The minimum Gasteiger partial charge on any atom is -0.398 e. The van der Waals surface area contributed by atoms with Crippen molar-refractivity contribution in [3.05, 3.63) is 29.8 Å². The third-order valence-corrected chi connectivity index (χ3v) is 5.39. The van der Waals surface area contributed by atoms with Gasteiger partial charge in [-0.05, 0) is 24.5 Å². The Labute approximate surface area is 114 Å². The molecule has 1 aliphatic rings. The van der Waals surface area contributed by atoms with E-state index in [2.05, 4.69) is 0 Å². The van der Waals surface area contributed by atoms with Crippen LogP contribution in [0.4, 0.5) is 5.69 Å². The highest BCUT2D eigenvalue weighted by Crippen LogP contribution is 2.21. The Bertz CT molecular complexity index is 524. The quantitative estimate of drug-likeness (QED) is 0.844. The van der Waals surface area contributed by atoms with Crippen LogP contribution < -0.4 is 5.73 Å². The Balaban J connectivity index is 2.11. The first-order chi connectivity index (χ1) is 9.00. The van der Waals surface area contributed by atoms with Crippen LogP contribution in [-0.2, 0) is 20.5 Å². The highest BCUT2D eigenvalue weighted by Gasteiger charge is 2.28. The van der Waals surface area contributed by atoms with E-state index in [1.165, 1.54) is 4.31 Å². The smallest absolute Gasteiger partial charge is 0.218 e. The molecule has 0 spiro atoms. The van der Waals surface area contributed by atoms with Gasteiger partial charge >= 0.3 is 0 Å². The number of rotatable bonds is 4. The van der Waals surface area contributed by atoms with Gasteiger partial charge in [-0.3, -0.25) is 0 Å². The molecule has 1 aromatic rings. The lowest BCUT2D eigenvalue weighted by atomic mass is 10.1. The van der Waals surface area contributed by atoms with Crippen molar-refractivity contribution in [1.29, 1.82) is 0 Å². The van der Waals surface area contributed by atoms with Gasteiger partial charge in [-0.25, -0.2) is 12.7 Å². The predicted octanol–water partition coefficient (Wildman–Crippen LogP) is 1.21. The Morgan fingerprint density at radius 3 is 2.58 bits per heavy atom. The molecular weight excluding hydrogens is 264 g/mol. The third kappa shape index (κ3) is 3.46. The number of benzene rings is 1. The number of nitrogens with two attached hydrogens (primary N) is 1. The van der Waals surface area contributed by atoms with Gasteiger partial charge in [0.15, 0.2) is 0 Å². The maximum atomic E-state index is 12.4. The minimum absolute atomic E-state index is 0.0312. The lowest BCUT2D eigenvalue weighted by Gasteiger charge is -2.30. The Morgan fingerprint density at radius 1 is 1.32 bits per heavy atom. The molecule has 0 unspecified atom stereocenters. The number of sulfonamides is 1. The van der Waals surface area contributed by atoms with E-state index in [1.807, 2.05) is 0 Å². The monoisotopic (exact) mass is 284 g/mol. The van der Waals surface area contributed by atoms with Gasteiger partial charge in [0.05, 0.1) is 5.75 Å². The standard InChI is InChI=1S/C13H20N2O3S/c1-15(12-6-8-18-9-7-12)19(16,17)10-11-4-2-3-5-13(11)14/h2-5,12H,6-10,14H2,1H3. The van der Waals surface area contributed by atoms with Gasteiger partial charge in [-0.15, -0.1) is 0 Å². The van der Waals surface area contributed by atoms with Gasteiger partial charge in [0, 0.05) is 32.0 Å². The van der Waals surface area contributed by atoms with Crippen LogP contribution in [-0.4, -0.2) is 39.0 Å². The van der Waals surface area contributed by atoms with Crippen LogP contribution >= 0.6 is 0 Å². The van der Waals surface area contributed by atoms with E-state index in [9.17, 15) is 8.42 Å². The number of anilines is 1. The number of hydrogen-bond donors (Lipinski definition) is 1. The molecule has 1 aliphatic heterocycles. The molecule has 1 aromatic carbocycles. The van der Waals surface area contributed by atoms with Crippen LogP contribution in [0.15, 0.2) is 24.3 Å². The molecule has 1 saturated heterocycles. The molecule has 0 aromatic heterocycles.